The molecule has 1 heterocycles. The van der Waals surface area contributed by atoms with Crippen LogP contribution in [0.3, 0.4) is 0 Å². The molecular weight excluding hydrogens is 288 g/mol. The van der Waals surface area contributed by atoms with Crippen molar-refractivity contribution in [3.05, 3.63) is 35.4 Å². The molecule has 0 bridgehead atoms. The van der Waals surface area contributed by atoms with Crippen molar-refractivity contribution in [2.24, 2.45) is 11.7 Å². The number of nitrogens with two attached hydrogens (primary N) is 1. The molecule has 1 fully saturated rings. The quantitative estimate of drug-likeness (QED) is 0.897. The van der Waals surface area contributed by atoms with E-state index in [0.717, 1.165) is 19.4 Å². The summed E-state index contributed by atoms with van der Waals surface area (Å²) in [6.07, 6.45) is 2.18. The number of carbonyl (C=O) groups excluding carboxylic acids is 1. The number of halogens is 1. The molecule has 21 heavy (non-hydrogen) atoms. The lowest BCUT2D eigenvalue weighted by atomic mass is 9.89. The van der Waals surface area contributed by atoms with Gasteiger partial charge in [0.15, 0.2) is 0 Å². The van der Waals surface area contributed by atoms with Crippen LogP contribution in [-0.4, -0.2) is 25.1 Å². The maximum Gasteiger partial charge on any atom is 0.236 e. The Hall–Kier alpha value is -1.10. The third-order valence-corrected chi connectivity index (χ3v) is 3.80. The van der Waals surface area contributed by atoms with Gasteiger partial charge in [-0.1, -0.05) is 29.8 Å². The molecule has 3 atom stereocenters. The molecule has 5 heteroatoms. The Morgan fingerprint density at radius 3 is 2.71 bits per heavy atom. The lowest BCUT2D eigenvalue weighted by Crippen LogP contribution is -2.42. The fraction of sp³-hybridized carbons (Fsp3) is 0.562. The van der Waals surface area contributed by atoms with Gasteiger partial charge in [-0.2, -0.15) is 0 Å². The summed E-state index contributed by atoms with van der Waals surface area (Å²) in [6, 6.07) is 7.98. The van der Waals surface area contributed by atoms with E-state index in [2.05, 4.69) is 36.5 Å². The highest BCUT2D eigenvalue weighted by Crippen LogP contribution is 2.33. The molecule has 0 radical (unpaired) electrons. The summed E-state index contributed by atoms with van der Waals surface area (Å²) in [5.41, 5.74) is 8.00. The first kappa shape index (κ1) is 18.0. The molecule has 1 amide bonds. The second-order valence-corrected chi connectivity index (χ2v) is 5.64. The largest absolute Gasteiger partial charge is 0.373 e. The zero-order valence-electron chi connectivity index (χ0n) is 12.7. The number of amides is 1. The molecule has 1 aliphatic heterocycles. The number of rotatable bonds is 4. The summed E-state index contributed by atoms with van der Waals surface area (Å²) in [5.74, 6) is 0.215. The molecule has 1 aromatic rings. The zero-order valence-corrected chi connectivity index (χ0v) is 13.5. The molecule has 0 saturated carbocycles. The number of hydrogen-bond acceptors (Lipinski definition) is 3. The number of aryl methyl sites for hydroxylation is 1. The van der Waals surface area contributed by atoms with Crippen LogP contribution in [0.25, 0.3) is 0 Å². The number of hydrogen-bond donors (Lipinski definition) is 2. The lowest BCUT2D eigenvalue weighted by molar-refractivity contribution is -0.122. The predicted octanol–water partition coefficient (Wildman–Crippen LogP) is 2.35. The summed E-state index contributed by atoms with van der Waals surface area (Å²) >= 11 is 0. The molecule has 2 unspecified atom stereocenters. The highest BCUT2D eigenvalue weighted by atomic mass is 35.5. The van der Waals surface area contributed by atoms with Crippen LogP contribution in [0, 0.1) is 12.8 Å². The highest BCUT2D eigenvalue weighted by molar-refractivity contribution is 5.85. The second kappa shape index (κ2) is 8.37. The van der Waals surface area contributed by atoms with Gasteiger partial charge in [0.1, 0.15) is 0 Å². The van der Waals surface area contributed by atoms with Crippen molar-refractivity contribution in [1.82, 2.24) is 5.32 Å². The molecule has 2 rings (SSSR count). The Balaban J connectivity index is 0.00000220. The van der Waals surface area contributed by atoms with Gasteiger partial charge in [-0.25, -0.2) is 0 Å². The van der Waals surface area contributed by atoms with Crippen LogP contribution in [0.2, 0.25) is 0 Å². The summed E-state index contributed by atoms with van der Waals surface area (Å²) in [7, 11) is 0. The summed E-state index contributed by atoms with van der Waals surface area (Å²) in [4.78, 5) is 11.6. The standard InChI is InChI=1S/C16H24N2O2.ClH/c1-11-5-7-13(8-6-11)15-14(4-3-9-20-15)10-18-16(19)12(2)17;/h5-8,12,14-15H,3-4,9-10,17H2,1-2H3,(H,18,19);1H/t12-,14?,15?;/m1./s1. The Kier molecular flexibility index (Phi) is 7.15. The van der Waals surface area contributed by atoms with E-state index in [-0.39, 0.29) is 24.4 Å². The molecule has 0 spiro atoms. The number of carbonyl (C=O) groups is 1. The average molecular weight is 313 g/mol. The van der Waals surface area contributed by atoms with E-state index < -0.39 is 6.04 Å². The molecule has 118 valence electrons. The zero-order chi connectivity index (χ0) is 14.5. The minimum Gasteiger partial charge on any atom is -0.373 e. The Labute approximate surface area is 132 Å². The predicted molar refractivity (Wildman–Crippen MR) is 86.5 cm³/mol. The first-order valence-electron chi connectivity index (χ1n) is 7.29. The van der Waals surface area contributed by atoms with Crippen molar-refractivity contribution >= 4 is 18.3 Å². The van der Waals surface area contributed by atoms with Gasteiger partial charge in [0.05, 0.1) is 12.1 Å². The Morgan fingerprint density at radius 2 is 2.10 bits per heavy atom. The summed E-state index contributed by atoms with van der Waals surface area (Å²) < 4.78 is 5.93. The van der Waals surface area contributed by atoms with Gasteiger partial charge in [0.2, 0.25) is 5.91 Å². The molecule has 3 N–H and O–H groups in total. The minimum atomic E-state index is -0.461. The van der Waals surface area contributed by atoms with E-state index in [0.29, 0.717) is 12.5 Å². The van der Waals surface area contributed by atoms with Crippen molar-refractivity contribution in [2.75, 3.05) is 13.2 Å². The maximum atomic E-state index is 11.6. The van der Waals surface area contributed by atoms with E-state index in [4.69, 9.17) is 10.5 Å². The normalized spacial score (nSPS) is 23.0. The van der Waals surface area contributed by atoms with Crippen molar-refractivity contribution in [3.63, 3.8) is 0 Å². The first-order chi connectivity index (χ1) is 9.58. The molecule has 1 saturated heterocycles. The van der Waals surface area contributed by atoms with Gasteiger partial charge in [-0.3, -0.25) is 4.79 Å². The summed E-state index contributed by atoms with van der Waals surface area (Å²) in [5, 5.41) is 2.92. The molecule has 1 aromatic carbocycles. The smallest absolute Gasteiger partial charge is 0.236 e. The maximum absolute atomic E-state index is 11.6. The van der Waals surface area contributed by atoms with E-state index in [9.17, 15) is 4.79 Å². The summed E-state index contributed by atoms with van der Waals surface area (Å²) in [6.45, 7) is 5.19. The first-order valence-corrected chi connectivity index (χ1v) is 7.29. The van der Waals surface area contributed by atoms with Gasteiger partial charge < -0.3 is 15.8 Å². The van der Waals surface area contributed by atoms with Crippen molar-refractivity contribution < 1.29 is 9.53 Å². The Bertz CT molecular complexity index is 448. The van der Waals surface area contributed by atoms with E-state index >= 15 is 0 Å². The fourth-order valence-corrected chi connectivity index (χ4v) is 2.57. The van der Waals surface area contributed by atoms with Gasteiger partial charge in [-0.15, -0.1) is 12.4 Å². The second-order valence-electron chi connectivity index (χ2n) is 5.64. The minimum absolute atomic E-state index is 0. The van der Waals surface area contributed by atoms with Crippen molar-refractivity contribution in [2.45, 2.75) is 38.8 Å². The molecule has 1 aliphatic rings. The van der Waals surface area contributed by atoms with E-state index in [1.807, 2.05) is 0 Å². The third-order valence-electron chi connectivity index (χ3n) is 3.80. The highest BCUT2D eigenvalue weighted by Gasteiger charge is 2.27. The Morgan fingerprint density at radius 1 is 1.43 bits per heavy atom. The van der Waals surface area contributed by atoms with Gasteiger partial charge in [-0.05, 0) is 32.3 Å². The van der Waals surface area contributed by atoms with Crippen LogP contribution in [0.1, 0.15) is 37.0 Å². The van der Waals surface area contributed by atoms with Crippen LogP contribution < -0.4 is 11.1 Å². The van der Waals surface area contributed by atoms with Crippen LogP contribution in [-0.2, 0) is 9.53 Å². The number of nitrogens with one attached hydrogen (secondary N) is 1. The van der Waals surface area contributed by atoms with Crippen LogP contribution in [0.5, 0.6) is 0 Å². The molecule has 0 aromatic heterocycles. The van der Waals surface area contributed by atoms with E-state index in [1.54, 1.807) is 6.92 Å². The van der Waals surface area contributed by atoms with Crippen LogP contribution in [0.15, 0.2) is 24.3 Å². The topological polar surface area (TPSA) is 64.3 Å². The van der Waals surface area contributed by atoms with Gasteiger partial charge in [0.25, 0.3) is 0 Å². The van der Waals surface area contributed by atoms with Gasteiger partial charge >= 0.3 is 0 Å². The number of ether oxygens (including phenoxy) is 1. The van der Waals surface area contributed by atoms with Crippen LogP contribution in [0.4, 0.5) is 0 Å². The van der Waals surface area contributed by atoms with Crippen molar-refractivity contribution in [1.29, 1.82) is 0 Å². The van der Waals surface area contributed by atoms with Crippen LogP contribution >= 0.6 is 12.4 Å². The molecular formula is C16H25ClN2O2. The number of benzene rings is 1. The van der Waals surface area contributed by atoms with Crippen molar-refractivity contribution in [3.8, 4) is 0 Å². The molecule has 4 nitrogen and oxygen atoms in total. The lowest BCUT2D eigenvalue weighted by Gasteiger charge is -2.32. The fourth-order valence-electron chi connectivity index (χ4n) is 2.57. The van der Waals surface area contributed by atoms with Gasteiger partial charge in [0, 0.05) is 19.1 Å². The SMILES string of the molecule is Cc1ccc(C2OCCCC2CNC(=O)[C@@H](C)N)cc1.Cl. The molecule has 0 aliphatic carbocycles. The monoisotopic (exact) mass is 312 g/mol. The third kappa shape index (κ3) is 4.99. The van der Waals surface area contributed by atoms with E-state index in [1.165, 1.54) is 11.1 Å². The average Bonchev–Trinajstić information content (AvgIpc) is 2.46.